The molecule has 0 saturated carbocycles. The zero-order valence-corrected chi connectivity index (χ0v) is 16.8. The van der Waals surface area contributed by atoms with E-state index in [0.29, 0.717) is 32.0 Å². The summed E-state index contributed by atoms with van der Waals surface area (Å²) in [5.74, 6) is 0.271. The van der Waals surface area contributed by atoms with Crippen molar-refractivity contribution in [2.45, 2.75) is 39.0 Å². The van der Waals surface area contributed by atoms with E-state index in [1.54, 1.807) is 0 Å². The van der Waals surface area contributed by atoms with Crippen molar-refractivity contribution in [2.24, 2.45) is 17.8 Å². The van der Waals surface area contributed by atoms with E-state index in [1.807, 2.05) is 0 Å². The fourth-order valence-electron chi connectivity index (χ4n) is 4.15. The van der Waals surface area contributed by atoms with Crippen LogP contribution in [0.3, 0.4) is 0 Å². The number of likely N-dealkylation sites (tertiary alicyclic amines) is 1. The van der Waals surface area contributed by atoms with E-state index in [1.165, 1.54) is 11.1 Å². The van der Waals surface area contributed by atoms with Crippen molar-refractivity contribution in [3.63, 3.8) is 0 Å². The molecule has 0 aromatic heterocycles. The molecule has 2 aliphatic rings. The van der Waals surface area contributed by atoms with Crippen LogP contribution in [-0.2, 0) is 21.2 Å². The number of sulfone groups is 1. The van der Waals surface area contributed by atoms with Crippen molar-refractivity contribution in [2.75, 3.05) is 25.4 Å². The summed E-state index contributed by atoms with van der Waals surface area (Å²) in [6.45, 7) is 8.78. The van der Waals surface area contributed by atoms with E-state index in [4.69, 9.17) is 0 Å². The number of nitrogens with zero attached hydrogens (tertiary/aromatic N) is 1. The fourth-order valence-corrected chi connectivity index (χ4v) is 6.28. The van der Waals surface area contributed by atoms with Crippen LogP contribution in [0.1, 0.15) is 31.4 Å². The van der Waals surface area contributed by atoms with Crippen LogP contribution in [0.5, 0.6) is 0 Å². The van der Waals surface area contributed by atoms with Gasteiger partial charge in [-0.3, -0.25) is 9.69 Å². The van der Waals surface area contributed by atoms with Crippen molar-refractivity contribution in [1.29, 1.82) is 0 Å². The number of fused-ring (bicyclic) bond motifs is 1. The van der Waals surface area contributed by atoms with Crippen LogP contribution in [0.2, 0.25) is 0 Å². The summed E-state index contributed by atoms with van der Waals surface area (Å²) in [6, 6.07) is 8.35. The first kappa shape index (κ1) is 19.4. The number of benzene rings is 1. The summed E-state index contributed by atoms with van der Waals surface area (Å²) in [5.41, 5.74) is 2.40. The van der Waals surface area contributed by atoms with Crippen LogP contribution in [0.15, 0.2) is 24.3 Å². The Hall–Kier alpha value is -1.40. The Labute approximate surface area is 157 Å². The fraction of sp³-hybridized carbons (Fsp3) is 0.650. The summed E-state index contributed by atoms with van der Waals surface area (Å²) in [5, 5.41) is 2.60. The number of carbonyl (C=O) groups excluding carboxylic acids is 1. The first-order chi connectivity index (χ1) is 12.3. The third-order valence-corrected chi connectivity index (χ3v) is 7.85. The van der Waals surface area contributed by atoms with E-state index >= 15 is 0 Å². The third-order valence-electron chi connectivity index (χ3n) is 5.62. The number of rotatable bonds is 5. The van der Waals surface area contributed by atoms with Crippen LogP contribution >= 0.6 is 0 Å². The van der Waals surface area contributed by atoms with E-state index in [2.05, 4.69) is 55.3 Å². The van der Waals surface area contributed by atoms with Crippen molar-refractivity contribution in [3.05, 3.63) is 35.4 Å². The molecule has 3 atom stereocenters. The van der Waals surface area contributed by atoms with Gasteiger partial charge in [0.2, 0.25) is 5.91 Å². The number of amides is 1. The van der Waals surface area contributed by atoms with Gasteiger partial charge >= 0.3 is 0 Å². The minimum absolute atomic E-state index is 0.0285. The largest absolute Gasteiger partial charge is 0.356 e. The molecule has 3 rings (SSSR count). The molecule has 2 saturated heterocycles. The van der Waals surface area contributed by atoms with Gasteiger partial charge in [-0.15, -0.1) is 0 Å². The van der Waals surface area contributed by atoms with Gasteiger partial charge in [0.05, 0.1) is 11.0 Å². The molecule has 0 spiro atoms. The van der Waals surface area contributed by atoms with E-state index in [-0.39, 0.29) is 23.5 Å². The molecule has 1 aromatic carbocycles. The SMILES string of the molecule is Cc1ccc(CN2C[C@@H]3[C@@H](C(=O)NCC(C)C)CCS(=O)(=O)[C@@H]3C2)cc1. The monoisotopic (exact) mass is 378 g/mol. The van der Waals surface area contributed by atoms with Gasteiger partial charge in [0, 0.05) is 38.0 Å². The topological polar surface area (TPSA) is 66.5 Å². The number of aryl methyl sites for hydroxylation is 1. The maximum Gasteiger partial charge on any atom is 0.223 e. The van der Waals surface area contributed by atoms with Crippen molar-refractivity contribution < 1.29 is 13.2 Å². The molecular formula is C20H30N2O3S. The van der Waals surface area contributed by atoms with E-state index < -0.39 is 15.1 Å². The van der Waals surface area contributed by atoms with Gasteiger partial charge in [-0.25, -0.2) is 8.42 Å². The average Bonchev–Trinajstić information content (AvgIpc) is 3.00. The highest BCUT2D eigenvalue weighted by Crippen LogP contribution is 2.37. The highest BCUT2D eigenvalue weighted by atomic mass is 32.2. The van der Waals surface area contributed by atoms with Crippen LogP contribution in [-0.4, -0.2) is 49.9 Å². The Kier molecular flexibility index (Phi) is 5.72. The quantitative estimate of drug-likeness (QED) is 0.851. The second kappa shape index (κ2) is 7.69. The molecule has 1 amide bonds. The molecule has 0 radical (unpaired) electrons. The Morgan fingerprint density at radius 3 is 2.58 bits per heavy atom. The van der Waals surface area contributed by atoms with Gasteiger partial charge in [-0.05, 0) is 24.8 Å². The predicted octanol–water partition coefficient (Wildman–Crippen LogP) is 2.00. The standard InChI is InChI=1S/C20H30N2O3S/c1-14(2)10-21-20(23)17-8-9-26(24,25)19-13-22(12-18(17)19)11-16-6-4-15(3)5-7-16/h4-7,14,17-19H,8-13H2,1-3H3,(H,21,23)/t17-,18+,19+/m0/s1. The molecule has 5 nitrogen and oxygen atoms in total. The molecule has 2 heterocycles. The smallest absolute Gasteiger partial charge is 0.223 e. The zero-order chi connectivity index (χ0) is 18.9. The molecule has 1 aromatic rings. The van der Waals surface area contributed by atoms with Gasteiger partial charge in [-0.2, -0.15) is 0 Å². The number of nitrogens with one attached hydrogen (secondary N) is 1. The molecule has 0 unspecified atom stereocenters. The third kappa shape index (κ3) is 4.29. The lowest BCUT2D eigenvalue weighted by Gasteiger charge is -2.32. The molecule has 0 bridgehead atoms. The lowest BCUT2D eigenvalue weighted by atomic mass is 9.87. The van der Waals surface area contributed by atoms with Gasteiger partial charge in [0.15, 0.2) is 9.84 Å². The molecular weight excluding hydrogens is 348 g/mol. The van der Waals surface area contributed by atoms with Crippen molar-refractivity contribution in [3.8, 4) is 0 Å². The van der Waals surface area contributed by atoms with E-state index in [9.17, 15) is 13.2 Å². The molecule has 2 aliphatic heterocycles. The Bertz CT molecular complexity index is 743. The lowest BCUT2D eigenvalue weighted by molar-refractivity contribution is -0.126. The second-order valence-corrected chi connectivity index (χ2v) is 10.6. The first-order valence-electron chi connectivity index (χ1n) is 9.53. The summed E-state index contributed by atoms with van der Waals surface area (Å²) >= 11 is 0. The molecule has 1 N–H and O–H groups in total. The molecule has 0 aliphatic carbocycles. The summed E-state index contributed by atoms with van der Waals surface area (Å²) in [4.78, 5) is 14.8. The minimum Gasteiger partial charge on any atom is -0.356 e. The highest BCUT2D eigenvalue weighted by molar-refractivity contribution is 7.92. The second-order valence-electron chi connectivity index (χ2n) is 8.28. The first-order valence-corrected chi connectivity index (χ1v) is 11.2. The van der Waals surface area contributed by atoms with Gasteiger partial charge in [0.1, 0.15) is 0 Å². The van der Waals surface area contributed by atoms with Gasteiger partial charge in [-0.1, -0.05) is 43.7 Å². The Morgan fingerprint density at radius 1 is 1.23 bits per heavy atom. The predicted molar refractivity (Wildman–Crippen MR) is 103 cm³/mol. The number of carbonyl (C=O) groups is 1. The van der Waals surface area contributed by atoms with Crippen LogP contribution in [0.4, 0.5) is 0 Å². The van der Waals surface area contributed by atoms with Crippen LogP contribution < -0.4 is 5.32 Å². The summed E-state index contributed by atoms with van der Waals surface area (Å²) < 4.78 is 25.2. The van der Waals surface area contributed by atoms with Gasteiger partial charge in [0.25, 0.3) is 0 Å². The maximum atomic E-state index is 12.6. The Morgan fingerprint density at radius 2 is 1.92 bits per heavy atom. The van der Waals surface area contributed by atoms with Crippen LogP contribution in [0, 0.1) is 24.7 Å². The lowest BCUT2D eigenvalue weighted by Crippen LogP contribution is -2.47. The number of hydrogen-bond donors (Lipinski definition) is 1. The van der Waals surface area contributed by atoms with E-state index in [0.717, 1.165) is 6.54 Å². The molecule has 144 valence electrons. The van der Waals surface area contributed by atoms with Gasteiger partial charge < -0.3 is 5.32 Å². The molecule has 6 heteroatoms. The maximum absolute atomic E-state index is 12.6. The van der Waals surface area contributed by atoms with Crippen molar-refractivity contribution >= 4 is 15.7 Å². The normalized spacial score (nSPS) is 28.1. The molecule has 2 fully saturated rings. The zero-order valence-electron chi connectivity index (χ0n) is 15.9. The highest BCUT2D eigenvalue weighted by Gasteiger charge is 2.50. The molecule has 26 heavy (non-hydrogen) atoms. The number of hydrogen-bond acceptors (Lipinski definition) is 4. The van der Waals surface area contributed by atoms with Crippen molar-refractivity contribution in [1.82, 2.24) is 10.2 Å². The van der Waals surface area contributed by atoms with Crippen LogP contribution in [0.25, 0.3) is 0 Å². The Balaban J connectivity index is 1.71. The average molecular weight is 379 g/mol. The minimum atomic E-state index is -3.11. The summed E-state index contributed by atoms with van der Waals surface area (Å²) in [7, 11) is -3.11. The summed E-state index contributed by atoms with van der Waals surface area (Å²) in [6.07, 6.45) is 0.450.